The number of hydrogen-bond acceptors (Lipinski definition) is 3. The van der Waals surface area contributed by atoms with E-state index in [-0.39, 0.29) is 18.0 Å². The van der Waals surface area contributed by atoms with E-state index in [1.165, 1.54) is 12.1 Å². The van der Waals surface area contributed by atoms with Crippen molar-refractivity contribution in [2.24, 2.45) is 0 Å². The van der Waals surface area contributed by atoms with Crippen LogP contribution in [0.15, 0.2) is 24.3 Å². The average Bonchev–Trinajstić information content (AvgIpc) is 2.65. The molecule has 0 atom stereocenters. The van der Waals surface area contributed by atoms with Crippen molar-refractivity contribution in [3.63, 3.8) is 0 Å². The summed E-state index contributed by atoms with van der Waals surface area (Å²) in [5, 5.41) is 5.18. The monoisotopic (exact) mass is 398 g/mol. The molecule has 1 saturated carbocycles. The molecule has 2 amide bonds. The molecule has 1 aromatic rings. The molecule has 0 aromatic heterocycles. The van der Waals surface area contributed by atoms with Crippen LogP contribution in [-0.2, 0) is 11.0 Å². The molecule has 0 unspecified atom stereocenters. The van der Waals surface area contributed by atoms with Crippen molar-refractivity contribution in [3.05, 3.63) is 41.4 Å². The minimum absolute atomic E-state index is 0.132. The van der Waals surface area contributed by atoms with Gasteiger partial charge in [-0.05, 0) is 64.8 Å². The van der Waals surface area contributed by atoms with Crippen molar-refractivity contribution < 1.29 is 22.8 Å². The first-order valence-corrected chi connectivity index (χ1v) is 9.40. The number of hydrogen-bond donors (Lipinski definition) is 2. The van der Waals surface area contributed by atoms with Crippen molar-refractivity contribution in [1.29, 1.82) is 0 Å². The Morgan fingerprint density at radius 1 is 1.21 bits per heavy atom. The first-order valence-electron chi connectivity index (χ1n) is 9.40. The van der Waals surface area contributed by atoms with Gasteiger partial charge in [0.2, 0.25) is 5.91 Å². The smallest absolute Gasteiger partial charge is 0.347 e. The van der Waals surface area contributed by atoms with Gasteiger partial charge in [-0.2, -0.15) is 13.2 Å². The zero-order valence-electron chi connectivity index (χ0n) is 16.4. The van der Waals surface area contributed by atoms with Gasteiger partial charge in [-0.25, -0.2) is 0 Å². The number of rotatable bonds is 6. The number of nitrogens with zero attached hydrogens (tertiary/aromatic N) is 1. The zero-order valence-corrected chi connectivity index (χ0v) is 16.4. The fraction of sp³-hybridized carbons (Fsp3) is 0.550. The molecule has 0 saturated heterocycles. The van der Waals surface area contributed by atoms with Gasteiger partial charge >= 0.3 is 6.18 Å². The molecule has 155 valence electrons. The lowest BCUT2D eigenvalue weighted by Gasteiger charge is -2.36. The van der Waals surface area contributed by atoms with Gasteiger partial charge in [-0.3, -0.25) is 9.59 Å². The maximum absolute atomic E-state index is 12.7. The second-order valence-electron chi connectivity index (χ2n) is 7.40. The Morgan fingerprint density at radius 2 is 1.86 bits per heavy atom. The predicted octanol–water partition coefficient (Wildman–Crippen LogP) is 3.37. The SMILES string of the molecule is CC(C)N(C)C1CC[C](NC(=O)CNC(=O)c2cccc(C(F)(F)F)c2)CC1. The second kappa shape index (κ2) is 9.41. The van der Waals surface area contributed by atoms with Crippen LogP contribution in [0.2, 0.25) is 0 Å². The van der Waals surface area contributed by atoms with Crippen LogP contribution in [0.5, 0.6) is 0 Å². The third kappa shape index (κ3) is 6.22. The van der Waals surface area contributed by atoms with Gasteiger partial charge in [0.15, 0.2) is 0 Å². The number of amides is 2. The Balaban J connectivity index is 1.78. The van der Waals surface area contributed by atoms with Gasteiger partial charge in [0, 0.05) is 17.6 Å². The molecule has 8 heteroatoms. The molecule has 28 heavy (non-hydrogen) atoms. The van der Waals surface area contributed by atoms with E-state index in [2.05, 4.69) is 36.4 Å². The maximum atomic E-state index is 12.7. The molecule has 2 N–H and O–H groups in total. The number of benzene rings is 1. The van der Waals surface area contributed by atoms with Crippen molar-refractivity contribution in [2.75, 3.05) is 13.6 Å². The number of carbonyl (C=O) groups is 2. The van der Waals surface area contributed by atoms with E-state index in [1.807, 2.05) is 0 Å². The largest absolute Gasteiger partial charge is 0.416 e. The Kier molecular flexibility index (Phi) is 7.46. The van der Waals surface area contributed by atoms with Gasteiger partial charge in [-0.15, -0.1) is 0 Å². The number of carbonyl (C=O) groups excluding carboxylic acids is 2. The van der Waals surface area contributed by atoms with E-state index in [0.717, 1.165) is 43.9 Å². The lowest BCUT2D eigenvalue weighted by molar-refractivity contribution is -0.137. The number of alkyl halides is 3. The predicted molar refractivity (Wildman–Crippen MR) is 100 cm³/mol. The average molecular weight is 398 g/mol. The lowest BCUT2D eigenvalue weighted by Crippen LogP contribution is -2.43. The summed E-state index contributed by atoms with van der Waals surface area (Å²) in [6.45, 7) is 4.01. The molecule has 0 spiro atoms. The van der Waals surface area contributed by atoms with Crippen molar-refractivity contribution in [3.8, 4) is 0 Å². The summed E-state index contributed by atoms with van der Waals surface area (Å²) >= 11 is 0. The molecule has 1 aromatic carbocycles. The number of nitrogens with one attached hydrogen (secondary N) is 2. The second-order valence-corrected chi connectivity index (χ2v) is 7.40. The maximum Gasteiger partial charge on any atom is 0.416 e. The Hall–Kier alpha value is -2.09. The molecule has 5 nitrogen and oxygen atoms in total. The van der Waals surface area contributed by atoms with Gasteiger partial charge in [0.1, 0.15) is 0 Å². The zero-order chi connectivity index (χ0) is 20.9. The van der Waals surface area contributed by atoms with Crippen molar-refractivity contribution in [1.82, 2.24) is 15.5 Å². The normalized spacial score (nSPS) is 16.4. The highest BCUT2D eigenvalue weighted by atomic mass is 19.4. The molecule has 2 rings (SSSR count). The summed E-state index contributed by atoms with van der Waals surface area (Å²) in [6, 6.07) is 6.01. The van der Waals surface area contributed by atoms with Crippen LogP contribution in [0, 0.1) is 6.04 Å². The molecule has 0 bridgehead atoms. The minimum Gasteiger partial charge on any atom is -0.347 e. The molecular weight excluding hydrogens is 371 g/mol. The van der Waals surface area contributed by atoms with Crippen LogP contribution < -0.4 is 10.6 Å². The summed E-state index contributed by atoms with van der Waals surface area (Å²) in [5.74, 6) is -1.08. The number of halogens is 3. The van der Waals surface area contributed by atoms with E-state index in [1.54, 1.807) is 0 Å². The molecular formula is C20H27F3N3O2. The van der Waals surface area contributed by atoms with E-state index >= 15 is 0 Å². The van der Waals surface area contributed by atoms with Crippen LogP contribution >= 0.6 is 0 Å². The lowest BCUT2D eigenvalue weighted by atomic mass is 9.90. The van der Waals surface area contributed by atoms with Gasteiger partial charge < -0.3 is 15.5 Å². The topological polar surface area (TPSA) is 61.4 Å². The fourth-order valence-corrected chi connectivity index (χ4v) is 3.25. The molecule has 1 aliphatic rings. The Bertz CT molecular complexity index is 684. The first-order chi connectivity index (χ1) is 13.1. The van der Waals surface area contributed by atoms with E-state index in [9.17, 15) is 22.8 Å². The summed E-state index contributed by atoms with van der Waals surface area (Å²) in [6.07, 6.45) is -1.03. The summed E-state index contributed by atoms with van der Waals surface area (Å²) in [5.41, 5.74) is -1.03. The highest BCUT2D eigenvalue weighted by Gasteiger charge is 2.31. The Morgan fingerprint density at radius 3 is 2.43 bits per heavy atom. The molecule has 0 aliphatic heterocycles. The van der Waals surface area contributed by atoms with Crippen molar-refractivity contribution in [2.45, 2.75) is 57.8 Å². The minimum atomic E-state index is -4.52. The van der Waals surface area contributed by atoms with E-state index in [0.29, 0.717) is 12.1 Å². The molecule has 1 radical (unpaired) electrons. The highest BCUT2D eigenvalue weighted by molar-refractivity contribution is 5.96. The van der Waals surface area contributed by atoms with Gasteiger partial charge in [0.25, 0.3) is 5.91 Å². The van der Waals surface area contributed by atoms with Crippen LogP contribution in [-0.4, -0.2) is 42.4 Å². The van der Waals surface area contributed by atoms with Crippen LogP contribution in [0.3, 0.4) is 0 Å². The third-order valence-corrected chi connectivity index (χ3v) is 5.13. The molecule has 1 aliphatic carbocycles. The van der Waals surface area contributed by atoms with E-state index in [4.69, 9.17) is 0 Å². The van der Waals surface area contributed by atoms with Crippen LogP contribution in [0.25, 0.3) is 0 Å². The van der Waals surface area contributed by atoms with E-state index < -0.39 is 17.6 Å². The van der Waals surface area contributed by atoms with Crippen molar-refractivity contribution >= 4 is 11.8 Å². The summed E-state index contributed by atoms with van der Waals surface area (Å²) < 4.78 is 38.2. The third-order valence-electron chi connectivity index (χ3n) is 5.13. The fourth-order valence-electron chi connectivity index (χ4n) is 3.25. The highest BCUT2D eigenvalue weighted by Crippen LogP contribution is 2.29. The van der Waals surface area contributed by atoms with Gasteiger partial charge in [0.05, 0.1) is 18.2 Å². The molecule has 1 fully saturated rings. The Labute approximate surface area is 163 Å². The summed E-state index contributed by atoms with van der Waals surface area (Å²) in [4.78, 5) is 26.4. The summed E-state index contributed by atoms with van der Waals surface area (Å²) in [7, 11) is 2.10. The van der Waals surface area contributed by atoms with Crippen LogP contribution in [0.4, 0.5) is 13.2 Å². The van der Waals surface area contributed by atoms with Gasteiger partial charge in [-0.1, -0.05) is 6.07 Å². The molecule has 0 heterocycles. The van der Waals surface area contributed by atoms with Crippen LogP contribution in [0.1, 0.15) is 55.5 Å². The first kappa shape index (κ1) is 22.2. The quantitative estimate of drug-likeness (QED) is 0.773. The standard InChI is InChI=1S/C20H27F3N3O2/c1-13(2)26(3)17-9-7-16(8-10-17)25-18(27)12-24-19(28)14-5-4-6-15(11-14)20(21,22)23/h4-6,11,13,17H,7-10,12H2,1-3H3,(H,24,28)(H,25,27).